The Kier molecular flexibility index (Phi) is 5.23. The third kappa shape index (κ3) is 4.67. The van der Waals surface area contributed by atoms with E-state index in [1.165, 1.54) is 6.92 Å². The van der Waals surface area contributed by atoms with Crippen molar-refractivity contribution in [1.29, 1.82) is 0 Å². The standard InChI is InChI=1S/C18H18N6O2/c1-12(15(25)26)19-16-22-17(20-13-8-4-2-5-9-13)24-18(23-16)21-14-10-6-3-7-11-14/h2-12H,1H3,(H,25,26)(H3,19,20,21,22,23,24)/t12-/m1/s1. The summed E-state index contributed by atoms with van der Waals surface area (Å²) in [6, 6.07) is 18.0. The molecule has 2 aromatic carbocycles. The number of nitrogens with zero attached hydrogens (tertiary/aromatic N) is 3. The highest BCUT2D eigenvalue weighted by Gasteiger charge is 2.14. The number of rotatable bonds is 7. The van der Waals surface area contributed by atoms with Crippen molar-refractivity contribution < 1.29 is 9.90 Å². The number of hydrogen-bond donors (Lipinski definition) is 4. The normalized spacial score (nSPS) is 11.4. The van der Waals surface area contributed by atoms with E-state index in [1.54, 1.807) is 0 Å². The third-order valence-electron chi connectivity index (χ3n) is 3.41. The topological polar surface area (TPSA) is 112 Å². The molecule has 0 saturated heterocycles. The van der Waals surface area contributed by atoms with E-state index < -0.39 is 12.0 Å². The molecule has 4 N–H and O–H groups in total. The molecular weight excluding hydrogens is 332 g/mol. The fraction of sp³-hybridized carbons (Fsp3) is 0.111. The molecule has 3 aromatic rings. The average Bonchev–Trinajstić information content (AvgIpc) is 2.63. The molecule has 0 saturated carbocycles. The van der Waals surface area contributed by atoms with Gasteiger partial charge in [0.25, 0.3) is 0 Å². The van der Waals surface area contributed by atoms with E-state index in [0.29, 0.717) is 11.9 Å². The highest BCUT2D eigenvalue weighted by Crippen LogP contribution is 2.18. The van der Waals surface area contributed by atoms with Gasteiger partial charge in [0.2, 0.25) is 17.8 Å². The van der Waals surface area contributed by atoms with Crippen molar-refractivity contribution in [2.75, 3.05) is 16.0 Å². The fourth-order valence-electron chi connectivity index (χ4n) is 2.11. The molecule has 0 aliphatic rings. The number of carboxylic acid groups (broad SMARTS) is 1. The molecule has 1 aromatic heterocycles. The number of aromatic nitrogens is 3. The molecule has 0 aliphatic carbocycles. The molecule has 3 rings (SSSR count). The molecule has 0 radical (unpaired) electrons. The molecular formula is C18H18N6O2. The summed E-state index contributed by atoms with van der Waals surface area (Å²) in [5.41, 5.74) is 1.61. The predicted octanol–water partition coefficient (Wildman–Crippen LogP) is 3.24. The number of para-hydroxylation sites is 2. The number of carbonyl (C=O) groups is 1. The van der Waals surface area contributed by atoms with Gasteiger partial charge in [-0.05, 0) is 31.2 Å². The lowest BCUT2D eigenvalue weighted by Gasteiger charge is -2.13. The maximum Gasteiger partial charge on any atom is 0.325 e. The second kappa shape index (κ2) is 7.93. The van der Waals surface area contributed by atoms with Gasteiger partial charge in [-0.15, -0.1) is 0 Å². The lowest BCUT2D eigenvalue weighted by Crippen LogP contribution is -2.26. The summed E-state index contributed by atoms with van der Waals surface area (Å²) in [4.78, 5) is 23.9. The Morgan fingerprint density at radius 3 is 1.65 bits per heavy atom. The van der Waals surface area contributed by atoms with Crippen LogP contribution < -0.4 is 16.0 Å². The van der Waals surface area contributed by atoms with E-state index in [1.807, 2.05) is 60.7 Å². The minimum atomic E-state index is -0.999. The maximum atomic E-state index is 11.1. The van der Waals surface area contributed by atoms with E-state index >= 15 is 0 Å². The first-order valence-electron chi connectivity index (χ1n) is 8.00. The fourth-order valence-corrected chi connectivity index (χ4v) is 2.11. The van der Waals surface area contributed by atoms with Crippen LogP contribution in [0.25, 0.3) is 0 Å². The van der Waals surface area contributed by atoms with Crippen LogP contribution in [-0.2, 0) is 4.79 Å². The van der Waals surface area contributed by atoms with Crippen LogP contribution in [0.3, 0.4) is 0 Å². The maximum absolute atomic E-state index is 11.1. The molecule has 1 heterocycles. The van der Waals surface area contributed by atoms with Crippen molar-refractivity contribution >= 4 is 35.2 Å². The molecule has 26 heavy (non-hydrogen) atoms. The smallest absolute Gasteiger partial charge is 0.325 e. The first kappa shape index (κ1) is 17.2. The molecule has 0 unspecified atom stereocenters. The number of carboxylic acids is 1. The monoisotopic (exact) mass is 350 g/mol. The highest BCUT2D eigenvalue weighted by atomic mass is 16.4. The van der Waals surface area contributed by atoms with E-state index in [-0.39, 0.29) is 5.95 Å². The van der Waals surface area contributed by atoms with Crippen molar-refractivity contribution in [2.24, 2.45) is 0 Å². The highest BCUT2D eigenvalue weighted by molar-refractivity contribution is 5.76. The van der Waals surface area contributed by atoms with Crippen molar-refractivity contribution in [2.45, 2.75) is 13.0 Å². The second-order valence-corrected chi connectivity index (χ2v) is 5.49. The third-order valence-corrected chi connectivity index (χ3v) is 3.41. The van der Waals surface area contributed by atoms with Crippen LogP contribution in [0.2, 0.25) is 0 Å². The lowest BCUT2D eigenvalue weighted by atomic mass is 10.3. The van der Waals surface area contributed by atoms with Gasteiger partial charge in [-0.1, -0.05) is 36.4 Å². The molecule has 1 atom stereocenters. The Hall–Kier alpha value is -3.68. The van der Waals surface area contributed by atoms with Crippen LogP contribution >= 0.6 is 0 Å². The van der Waals surface area contributed by atoms with Crippen molar-refractivity contribution in [3.63, 3.8) is 0 Å². The Balaban J connectivity index is 1.89. The minimum absolute atomic E-state index is 0.159. The average molecular weight is 350 g/mol. The van der Waals surface area contributed by atoms with Crippen LogP contribution in [0.15, 0.2) is 60.7 Å². The molecule has 0 spiro atoms. The molecule has 8 nitrogen and oxygen atoms in total. The lowest BCUT2D eigenvalue weighted by molar-refractivity contribution is -0.137. The van der Waals surface area contributed by atoms with Gasteiger partial charge in [-0.25, -0.2) is 0 Å². The van der Waals surface area contributed by atoms with Gasteiger partial charge in [0.1, 0.15) is 6.04 Å². The zero-order valence-electron chi connectivity index (χ0n) is 14.0. The Labute approximate surface area is 150 Å². The van der Waals surface area contributed by atoms with Crippen molar-refractivity contribution in [1.82, 2.24) is 15.0 Å². The van der Waals surface area contributed by atoms with Crippen LogP contribution in [0.4, 0.5) is 29.2 Å². The SMILES string of the molecule is C[C@@H](Nc1nc(Nc2ccccc2)nc(Nc2ccccc2)n1)C(=O)O. The number of anilines is 5. The summed E-state index contributed by atoms with van der Waals surface area (Å²) in [5, 5.41) is 18.0. The van der Waals surface area contributed by atoms with Gasteiger partial charge in [0.15, 0.2) is 0 Å². The summed E-state index contributed by atoms with van der Waals surface area (Å²) in [6.45, 7) is 1.51. The minimum Gasteiger partial charge on any atom is -0.480 e. The summed E-state index contributed by atoms with van der Waals surface area (Å²) in [5.74, 6) is -0.248. The van der Waals surface area contributed by atoms with E-state index in [2.05, 4.69) is 30.9 Å². The molecule has 132 valence electrons. The summed E-state index contributed by atoms with van der Waals surface area (Å²) in [6.07, 6.45) is 0. The Bertz CT molecular complexity index is 814. The number of aliphatic carboxylic acids is 1. The number of nitrogens with one attached hydrogen (secondary N) is 3. The predicted molar refractivity (Wildman–Crippen MR) is 100.0 cm³/mol. The summed E-state index contributed by atoms with van der Waals surface area (Å²) >= 11 is 0. The van der Waals surface area contributed by atoms with Crippen LogP contribution in [0.1, 0.15) is 6.92 Å². The number of benzene rings is 2. The van der Waals surface area contributed by atoms with Crippen LogP contribution in [0, 0.1) is 0 Å². The van der Waals surface area contributed by atoms with Gasteiger partial charge in [0, 0.05) is 11.4 Å². The van der Waals surface area contributed by atoms with Crippen molar-refractivity contribution in [3.05, 3.63) is 60.7 Å². The van der Waals surface area contributed by atoms with Crippen LogP contribution in [0.5, 0.6) is 0 Å². The first-order chi connectivity index (χ1) is 12.6. The van der Waals surface area contributed by atoms with Gasteiger partial charge >= 0.3 is 5.97 Å². The van der Waals surface area contributed by atoms with Crippen LogP contribution in [-0.4, -0.2) is 32.1 Å². The zero-order valence-corrected chi connectivity index (χ0v) is 14.0. The quantitative estimate of drug-likeness (QED) is 0.514. The molecule has 0 bridgehead atoms. The van der Waals surface area contributed by atoms with Gasteiger partial charge < -0.3 is 21.1 Å². The Morgan fingerprint density at radius 1 is 0.808 bits per heavy atom. The molecule has 8 heteroatoms. The Morgan fingerprint density at radius 2 is 1.23 bits per heavy atom. The van der Waals surface area contributed by atoms with Gasteiger partial charge in [-0.3, -0.25) is 4.79 Å². The van der Waals surface area contributed by atoms with Gasteiger partial charge in [0.05, 0.1) is 0 Å². The van der Waals surface area contributed by atoms with E-state index in [9.17, 15) is 4.79 Å². The molecule has 0 amide bonds. The van der Waals surface area contributed by atoms with E-state index in [4.69, 9.17) is 5.11 Å². The van der Waals surface area contributed by atoms with Gasteiger partial charge in [-0.2, -0.15) is 15.0 Å². The summed E-state index contributed by atoms with van der Waals surface area (Å²) in [7, 11) is 0. The molecule has 0 aliphatic heterocycles. The summed E-state index contributed by atoms with van der Waals surface area (Å²) < 4.78 is 0. The largest absolute Gasteiger partial charge is 0.480 e. The molecule has 0 fully saturated rings. The second-order valence-electron chi connectivity index (χ2n) is 5.49. The van der Waals surface area contributed by atoms with E-state index in [0.717, 1.165) is 11.4 Å². The first-order valence-corrected chi connectivity index (χ1v) is 8.00. The van der Waals surface area contributed by atoms with Crippen molar-refractivity contribution in [3.8, 4) is 0 Å². The zero-order chi connectivity index (χ0) is 18.4. The number of hydrogen-bond acceptors (Lipinski definition) is 7.